The first-order chi connectivity index (χ1) is 6.82. The lowest BCUT2D eigenvalue weighted by Gasteiger charge is -2.24. The summed E-state index contributed by atoms with van der Waals surface area (Å²) < 4.78 is 37.9. The van der Waals surface area contributed by atoms with Gasteiger partial charge in [0.2, 0.25) is 5.96 Å². The molecule has 0 N–H and O–H groups in total. The van der Waals surface area contributed by atoms with E-state index in [1.165, 1.54) is 17.2 Å². The molecule has 15 heavy (non-hydrogen) atoms. The van der Waals surface area contributed by atoms with Crippen molar-refractivity contribution < 1.29 is 13.2 Å². The summed E-state index contributed by atoms with van der Waals surface area (Å²) in [5.41, 5.74) is -2.10. The van der Waals surface area contributed by atoms with Crippen LogP contribution in [0.4, 0.5) is 13.2 Å². The minimum absolute atomic E-state index is 0.0160. The Morgan fingerprint density at radius 3 is 2.80 bits per heavy atom. The van der Waals surface area contributed by atoms with E-state index in [9.17, 15) is 13.2 Å². The molecule has 0 saturated carbocycles. The number of aliphatic imine (C=N–C) groups is 2. The molecule has 0 aromatic rings. The van der Waals surface area contributed by atoms with E-state index in [1.54, 1.807) is 0 Å². The SMILES string of the molecule is C[C@@]1(C(F)(F)F)CN2C=CC(Cl)=NC2=N1. The predicted octanol–water partition coefficient (Wildman–Crippen LogP) is 2.14. The Hall–Kier alpha value is -1.04. The maximum Gasteiger partial charge on any atom is 0.415 e. The van der Waals surface area contributed by atoms with Crippen molar-refractivity contribution >= 4 is 22.7 Å². The van der Waals surface area contributed by atoms with Crippen molar-refractivity contribution in [1.29, 1.82) is 0 Å². The van der Waals surface area contributed by atoms with Crippen LogP contribution in [0.15, 0.2) is 22.3 Å². The van der Waals surface area contributed by atoms with Crippen LogP contribution in [0.1, 0.15) is 6.92 Å². The highest BCUT2D eigenvalue weighted by atomic mass is 35.5. The predicted molar refractivity (Wildman–Crippen MR) is 51.0 cm³/mol. The minimum Gasteiger partial charge on any atom is -0.315 e. The molecule has 0 radical (unpaired) electrons. The summed E-state index contributed by atoms with van der Waals surface area (Å²) in [6.45, 7) is 0.783. The molecule has 2 aliphatic rings. The van der Waals surface area contributed by atoms with Crippen molar-refractivity contribution in [2.24, 2.45) is 9.98 Å². The fourth-order valence-corrected chi connectivity index (χ4v) is 1.50. The second-order valence-electron chi connectivity index (χ2n) is 3.56. The van der Waals surface area contributed by atoms with Gasteiger partial charge in [-0.2, -0.15) is 13.2 Å². The van der Waals surface area contributed by atoms with Gasteiger partial charge in [0.05, 0.1) is 6.54 Å². The molecule has 0 aliphatic carbocycles. The quantitative estimate of drug-likeness (QED) is 0.634. The standard InChI is InChI=1S/C8H7ClF3N3/c1-7(8(10,11)12)4-15-3-2-5(9)13-6(15)14-7/h2-3H,4H2,1H3/t7-/m0/s1. The number of allylic oxidation sites excluding steroid dienone is 1. The number of hydrogen-bond acceptors (Lipinski definition) is 3. The number of fused-ring (bicyclic) bond motifs is 1. The number of hydrogen-bond donors (Lipinski definition) is 0. The third kappa shape index (κ3) is 1.62. The summed E-state index contributed by atoms with van der Waals surface area (Å²) in [5.74, 6) is 0.0160. The highest BCUT2D eigenvalue weighted by molar-refractivity contribution is 6.69. The van der Waals surface area contributed by atoms with Gasteiger partial charge < -0.3 is 4.90 Å². The van der Waals surface area contributed by atoms with E-state index in [0.717, 1.165) is 6.92 Å². The van der Waals surface area contributed by atoms with Crippen LogP contribution in [0.3, 0.4) is 0 Å². The van der Waals surface area contributed by atoms with Crippen molar-refractivity contribution in [3.63, 3.8) is 0 Å². The normalized spacial score (nSPS) is 30.1. The Kier molecular flexibility index (Phi) is 2.08. The van der Waals surface area contributed by atoms with Crippen LogP contribution >= 0.6 is 11.6 Å². The molecule has 3 nitrogen and oxygen atoms in total. The number of rotatable bonds is 0. The van der Waals surface area contributed by atoms with Gasteiger partial charge in [0.25, 0.3) is 0 Å². The van der Waals surface area contributed by atoms with Gasteiger partial charge >= 0.3 is 6.18 Å². The van der Waals surface area contributed by atoms with Crippen molar-refractivity contribution in [3.8, 4) is 0 Å². The van der Waals surface area contributed by atoms with E-state index < -0.39 is 11.7 Å². The van der Waals surface area contributed by atoms with Crippen LogP contribution in [0, 0.1) is 0 Å². The van der Waals surface area contributed by atoms with E-state index in [2.05, 4.69) is 9.98 Å². The molecule has 2 aliphatic heterocycles. The van der Waals surface area contributed by atoms with E-state index in [0.29, 0.717) is 0 Å². The van der Waals surface area contributed by atoms with Crippen molar-refractivity contribution in [2.75, 3.05) is 6.54 Å². The lowest BCUT2D eigenvalue weighted by molar-refractivity contribution is -0.177. The van der Waals surface area contributed by atoms with Gasteiger partial charge in [0.15, 0.2) is 5.54 Å². The monoisotopic (exact) mass is 237 g/mol. The molecule has 0 unspecified atom stereocenters. The second kappa shape index (κ2) is 2.98. The number of halogens is 4. The van der Waals surface area contributed by atoms with Crippen LogP contribution in [0.2, 0.25) is 0 Å². The van der Waals surface area contributed by atoms with Crippen LogP contribution in [0.25, 0.3) is 0 Å². The molecule has 0 aromatic carbocycles. The van der Waals surface area contributed by atoms with E-state index in [1.807, 2.05) is 0 Å². The maximum atomic E-state index is 12.6. The molecule has 7 heteroatoms. The first-order valence-electron chi connectivity index (χ1n) is 4.17. The molecule has 2 heterocycles. The van der Waals surface area contributed by atoms with Crippen molar-refractivity contribution in [2.45, 2.75) is 18.6 Å². The lowest BCUT2D eigenvalue weighted by Crippen LogP contribution is -2.44. The number of guanidine groups is 1. The Labute approximate surface area is 88.9 Å². The summed E-state index contributed by atoms with van der Waals surface area (Å²) in [4.78, 5) is 8.62. The number of alkyl halides is 3. The van der Waals surface area contributed by atoms with Gasteiger partial charge in [-0.1, -0.05) is 11.6 Å². The van der Waals surface area contributed by atoms with Crippen LogP contribution in [-0.4, -0.2) is 34.3 Å². The van der Waals surface area contributed by atoms with Gasteiger partial charge in [0.1, 0.15) is 5.17 Å². The van der Waals surface area contributed by atoms with Crippen LogP contribution in [-0.2, 0) is 0 Å². The molecule has 1 atom stereocenters. The van der Waals surface area contributed by atoms with Crippen LogP contribution in [0.5, 0.6) is 0 Å². The first-order valence-corrected chi connectivity index (χ1v) is 4.55. The largest absolute Gasteiger partial charge is 0.415 e. The first kappa shape index (κ1) is 10.5. The summed E-state index contributed by atoms with van der Waals surface area (Å²) in [6, 6.07) is 0. The Balaban J connectivity index is 2.36. The molecular formula is C8H7ClF3N3. The molecule has 2 rings (SSSR count). The van der Waals surface area contributed by atoms with Gasteiger partial charge in [-0.25, -0.2) is 9.98 Å². The highest BCUT2D eigenvalue weighted by Crippen LogP contribution is 2.38. The third-order valence-corrected chi connectivity index (χ3v) is 2.50. The highest BCUT2D eigenvalue weighted by Gasteiger charge is 2.55. The van der Waals surface area contributed by atoms with E-state index >= 15 is 0 Å². The molecule has 82 valence electrons. The molecular weight excluding hydrogens is 231 g/mol. The minimum atomic E-state index is -4.38. The Bertz CT molecular complexity index is 385. The summed E-state index contributed by atoms with van der Waals surface area (Å²) in [5, 5.41) is 0.136. The zero-order valence-electron chi connectivity index (χ0n) is 7.72. The summed E-state index contributed by atoms with van der Waals surface area (Å²) in [7, 11) is 0. The van der Waals surface area contributed by atoms with Gasteiger partial charge in [-0.05, 0) is 13.0 Å². The fourth-order valence-electron chi connectivity index (χ4n) is 1.37. The topological polar surface area (TPSA) is 28.0 Å². The third-order valence-electron chi connectivity index (χ3n) is 2.29. The second-order valence-corrected chi connectivity index (χ2v) is 3.95. The summed E-state index contributed by atoms with van der Waals surface area (Å²) >= 11 is 5.57. The molecule has 0 saturated heterocycles. The van der Waals surface area contributed by atoms with E-state index in [-0.39, 0.29) is 17.7 Å². The Morgan fingerprint density at radius 2 is 2.20 bits per heavy atom. The fraction of sp³-hybridized carbons (Fsp3) is 0.500. The summed E-state index contributed by atoms with van der Waals surface area (Å²) in [6.07, 6.45) is -1.50. The Morgan fingerprint density at radius 1 is 1.53 bits per heavy atom. The average molecular weight is 238 g/mol. The van der Waals surface area contributed by atoms with Crippen LogP contribution < -0.4 is 0 Å². The lowest BCUT2D eigenvalue weighted by atomic mass is 10.0. The molecule has 0 bridgehead atoms. The maximum absolute atomic E-state index is 12.6. The van der Waals surface area contributed by atoms with E-state index in [4.69, 9.17) is 11.6 Å². The average Bonchev–Trinajstić information content (AvgIpc) is 2.40. The zero-order valence-corrected chi connectivity index (χ0v) is 8.47. The van der Waals surface area contributed by atoms with Crippen molar-refractivity contribution in [3.05, 3.63) is 12.3 Å². The smallest absolute Gasteiger partial charge is 0.315 e. The molecule has 0 aromatic heterocycles. The number of nitrogens with zero attached hydrogens (tertiary/aromatic N) is 3. The molecule has 0 fully saturated rings. The zero-order chi connectivity index (χ0) is 11.3. The van der Waals surface area contributed by atoms with Gasteiger partial charge in [-0.3, -0.25) is 0 Å². The molecule has 0 amide bonds. The van der Waals surface area contributed by atoms with Gasteiger partial charge in [0, 0.05) is 6.20 Å². The van der Waals surface area contributed by atoms with Gasteiger partial charge in [-0.15, -0.1) is 0 Å². The molecule has 0 spiro atoms. The van der Waals surface area contributed by atoms with Crippen molar-refractivity contribution in [1.82, 2.24) is 4.90 Å².